The van der Waals surface area contributed by atoms with Crippen molar-refractivity contribution in [2.24, 2.45) is 0 Å². The minimum atomic E-state index is -0.128. The maximum atomic E-state index is 12.5. The van der Waals surface area contributed by atoms with Crippen molar-refractivity contribution in [3.05, 3.63) is 64.1 Å². The highest BCUT2D eigenvalue weighted by atomic mass is 35.5. The molecular formula is C16H14Cl2N2OS. The second-order valence-electron chi connectivity index (χ2n) is 4.86. The van der Waals surface area contributed by atoms with E-state index < -0.39 is 0 Å². The third-order valence-corrected chi connectivity index (χ3v) is 5.50. The molecule has 1 aliphatic heterocycles. The van der Waals surface area contributed by atoms with Gasteiger partial charge in [-0.25, -0.2) is 4.79 Å². The molecule has 0 spiro atoms. The molecule has 1 atom stereocenters. The fourth-order valence-corrected chi connectivity index (χ4v) is 4.12. The van der Waals surface area contributed by atoms with Crippen LogP contribution in [-0.2, 0) is 0 Å². The number of hydrogen-bond acceptors (Lipinski definition) is 2. The van der Waals surface area contributed by atoms with Crippen LogP contribution in [-0.4, -0.2) is 23.2 Å². The van der Waals surface area contributed by atoms with Crippen LogP contribution in [0.2, 0.25) is 10.0 Å². The van der Waals surface area contributed by atoms with Gasteiger partial charge in [-0.1, -0.05) is 53.5 Å². The molecule has 1 fully saturated rings. The molecule has 1 saturated heterocycles. The average molecular weight is 353 g/mol. The second-order valence-corrected chi connectivity index (χ2v) is 6.83. The number of para-hydroxylation sites is 1. The Morgan fingerprint density at radius 1 is 1.14 bits per heavy atom. The van der Waals surface area contributed by atoms with Crippen molar-refractivity contribution in [3.63, 3.8) is 0 Å². The Morgan fingerprint density at radius 2 is 1.91 bits per heavy atom. The van der Waals surface area contributed by atoms with Gasteiger partial charge in [-0.2, -0.15) is 0 Å². The number of carbonyl (C=O) groups is 1. The van der Waals surface area contributed by atoms with Gasteiger partial charge in [0.15, 0.2) is 0 Å². The predicted molar refractivity (Wildman–Crippen MR) is 93.8 cm³/mol. The molecule has 0 aromatic heterocycles. The number of thioether (sulfide) groups is 1. The van der Waals surface area contributed by atoms with Crippen LogP contribution in [0.25, 0.3) is 0 Å². The zero-order valence-corrected chi connectivity index (χ0v) is 14.0. The van der Waals surface area contributed by atoms with Crippen molar-refractivity contribution in [2.45, 2.75) is 5.37 Å². The van der Waals surface area contributed by atoms with E-state index in [1.807, 2.05) is 42.5 Å². The Hall–Kier alpha value is -1.36. The van der Waals surface area contributed by atoms with Crippen LogP contribution < -0.4 is 5.32 Å². The van der Waals surface area contributed by atoms with E-state index >= 15 is 0 Å². The Kier molecular flexibility index (Phi) is 4.81. The summed E-state index contributed by atoms with van der Waals surface area (Å²) in [6, 6.07) is 14.8. The summed E-state index contributed by atoms with van der Waals surface area (Å²) in [5, 5.41) is 3.82. The van der Waals surface area contributed by atoms with E-state index in [4.69, 9.17) is 23.2 Å². The number of rotatable bonds is 2. The van der Waals surface area contributed by atoms with Crippen molar-refractivity contribution in [2.75, 3.05) is 17.6 Å². The maximum Gasteiger partial charge on any atom is 0.323 e. The lowest BCUT2D eigenvalue weighted by Crippen LogP contribution is -2.34. The Morgan fingerprint density at radius 3 is 2.68 bits per heavy atom. The van der Waals surface area contributed by atoms with Crippen molar-refractivity contribution < 1.29 is 4.79 Å². The van der Waals surface area contributed by atoms with Gasteiger partial charge in [0, 0.05) is 23.5 Å². The third-order valence-electron chi connectivity index (χ3n) is 3.42. The van der Waals surface area contributed by atoms with Crippen LogP contribution in [0.1, 0.15) is 10.9 Å². The zero-order valence-electron chi connectivity index (χ0n) is 11.6. The van der Waals surface area contributed by atoms with Crippen molar-refractivity contribution in [3.8, 4) is 0 Å². The molecule has 3 nitrogen and oxygen atoms in total. The lowest BCUT2D eigenvalue weighted by atomic mass is 10.2. The lowest BCUT2D eigenvalue weighted by Gasteiger charge is -2.25. The standard InChI is InChI=1S/C16H14Cl2N2OS/c17-13-8-4-7-12(14(13)18)15-20(9-10-22-15)16(21)19-11-5-2-1-3-6-11/h1-8,15H,9-10H2,(H,19,21). The highest BCUT2D eigenvalue weighted by Gasteiger charge is 2.32. The van der Waals surface area contributed by atoms with Gasteiger partial charge in [0.1, 0.15) is 5.37 Å². The monoisotopic (exact) mass is 352 g/mol. The topological polar surface area (TPSA) is 32.3 Å². The molecule has 0 radical (unpaired) electrons. The zero-order chi connectivity index (χ0) is 15.5. The van der Waals surface area contributed by atoms with Gasteiger partial charge < -0.3 is 10.2 Å². The number of nitrogens with one attached hydrogen (secondary N) is 1. The summed E-state index contributed by atoms with van der Waals surface area (Å²) in [6.45, 7) is 0.677. The number of halogens is 2. The fourth-order valence-electron chi connectivity index (χ4n) is 2.36. The number of anilines is 1. The van der Waals surface area contributed by atoms with Gasteiger partial charge in [-0.05, 0) is 18.2 Å². The molecule has 3 rings (SSSR count). The molecule has 1 N–H and O–H groups in total. The van der Waals surface area contributed by atoms with E-state index in [1.54, 1.807) is 22.7 Å². The van der Waals surface area contributed by atoms with Crippen molar-refractivity contribution in [1.82, 2.24) is 4.90 Å². The summed E-state index contributed by atoms with van der Waals surface area (Å²) in [6.07, 6.45) is 0. The van der Waals surface area contributed by atoms with Crippen LogP contribution in [0.5, 0.6) is 0 Å². The smallest absolute Gasteiger partial charge is 0.308 e. The Balaban J connectivity index is 1.81. The molecular weight excluding hydrogens is 339 g/mol. The number of hydrogen-bond donors (Lipinski definition) is 1. The van der Waals surface area contributed by atoms with Crippen LogP contribution in [0.3, 0.4) is 0 Å². The van der Waals surface area contributed by atoms with Gasteiger partial charge in [0.25, 0.3) is 0 Å². The average Bonchev–Trinajstić information content (AvgIpc) is 3.00. The van der Waals surface area contributed by atoms with Crippen molar-refractivity contribution in [1.29, 1.82) is 0 Å². The molecule has 0 aliphatic carbocycles. The lowest BCUT2D eigenvalue weighted by molar-refractivity contribution is 0.214. The van der Waals surface area contributed by atoms with Crippen LogP contribution in [0.4, 0.5) is 10.5 Å². The number of amides is 2. The van der Waals surface area contributed by atoms with E-state index in [0.29, 0.717) is 16.6 Å². The molecule has 1 heterocycles. The number of nitrogens with zero attached hydrogens (tertiary/aromatic N) is 1. The molecule has 0 bridgehead atoms. The highest BCUT2D eigenvalue weighted by Crippen LogP contribution is 2.42. The van der Waals surface area contributed by atoms with E-state index in [9.17, 15) is 4.79 Å². The summed E-state index contributed by atoms with van der Waals surface area (Å²) in [7, 11) is 0. The van der Waals surface area contributed by atoms with Gasteiger partial charge in [0.05, 0.1) is 10.0 Å². The van der Waals surface area contributed by atoms with E-state index in [-0.39, 0.29) is 11.4 Å². The summed E-state index contributed by atoms with van der Waals surface area (Å²) in [5.74, 6) is 0.871. The van der Waals surface area contributed by atoms with Crippen LogP contribution >= 0.6 is 35.0 Å². The second kappa shape index (κ2) is 6.82. The summed E-state index contributed by atoms with van der Waals surface area (Å²) < 4.78 is 0. The number of urea groups is 1. The predicted octanol–water partition coefficient (Wildman–Crippen LogP) is 5.27. The first-order valence-electron chi connectivity index (χ1n) is 6.85. The van der Waals surface area contributed by atoms with Crippen LogP contribution in [0.15, 0.2) is 48.5 Å². The normalized spacial score (nSPS) is 17.5. The third kappa shape index (κ3) is 3.19. The molecule has 6 heteroatoms. The summed E-state index contributed by atoms with van der Waals surface area (Å²) >= 11 is 14.1. The summed E-state index contributed by atoms with van der Waals surface area (Å²) in [5.41, 5.74) is 1.65. The molecule has 2 amide bonds. The van der Waals surface area contributed by atoms with Gasteiger partial charge in [-0.3, -0.25) is 0 Å². The summed E-state index contributed by atoms with van der Waals surface area (Å²) in [4.78, 5) is 14.3. The van der Waals surface area contributed by atoms with Gasteiger partial charge in [0.2, 0.25) is 0 Å². The highest BCUT2D eigenvalue weighted by molar-refractivity contribution is 7.99. The Labute approximate surface area is 143 Å². The van der Waals surface area contributed by atoms with E-state index in [1.165, 1.54) is 0 Å². The molecule has 1 unspecified atom stereocenters. The number of carbonyl (C=O) groups excluding carboxylic acids is 1. The first-order chi connectivity index (χ1) is 10.7. The SMILES string of the molecule is O=C(Nc1ccccc1)N1CCSC1c1cccc(Cl)c1Cl. The fraction of sp³-hybridized carbons (Fsp3) is 0.188. The molecule has 0 saturated carbocycles. The van der Waals surface area contributed by atoms with Crippen LogP contribution in [0, 0.1) is 0 Å². The van der Waals surface area contributed by atoms with Gasteiger partial charge in [-0.15, -0.1) is 11.8 Å². The minimum absolute atomic E-state index is 0.116. The minimum Gasteiger partial charge on any atom is -0.308 e. The molecule has 114 valence electrons. The molecule has 2 aromatic carbocycles. The van der Waals surface area contributed by atoms with Gasteiger partial charge >= 0.3 is 6.03 Å². The first kappa shape index (κ1) is 15.5. The number of benzene rings is 2. The molecule has 2 aromatic rings. The molecule has 1 aliphatic rings. The van der Waals surface area contributed by atoms with Crippen molar-refractivity contribution >= 4 is 46.7 Å². The molecule has 22 heavy (non-hydrogen) atoms. The maximum absolute atomic E-state index is 12.5. The van der Waals surface area contributed by atoms with E-state index in [2.05, 4.69) is 5.32 Å². The first-order valence-corrected chi connectivity index (χ1v) is 8.65. The Bertz CT molecular complexity index is 681. The van der Waals surface area contributed by atoms with E-state index in [0.717, 1.165) is 17.0 Å². The quantitative estimate of drug-likeness (QED) is 0.797. The largest absolute Gasteiger partial charge is 0.323 e.